The van der Waals surface area contributed by atoms with Gasteiger partial charge in [-0.15, -0.1) is 0 Å². The number of benzene rings is 3. The lowest BCUT2D eigenvalue weighted by atomic mass is 10.0. The predicted molar refractivity (Wildman–Crippen MR) is 117 cm³/mol. The molecule has 0 bridgehead atoms. The molecule has 0 unspecified atom stereocenters. The smallest absolute Gasteiger partial charge is 0.416 e. The van der Waals surface area contributed by atoms with Crippen LogP contribution in [0.25, 0.3) is 11.1 Å². The highest BCUT2D eigenvalue weighted by molar-refractivity contribution is 5.93. The molecule has 168 valence electrons. The molecule has 3 aromatic rings. The number of alkyl halides is 3. The fourth-order valence-electron chi connectivity index (χ4n) is 3.13. The van der Waals surface area contributed by atoms with Crippen molar-refractivity contribution in [2.24, 2.45) is 5.73 Å². The van der Waals surface area contributed by atoms with Crippen LogP contribution in [0.2, 0.25) is 0 Å². The Balaban J connectivity index is 1.68. The highest BCUT2D eigenvalue weighted by Crippen LogP contribution is 2.32. The zero-order valence-electron chi connectivity index (χ0n) is 17.4. The van der Waals surface area contributed by atoms with Crippen LogP contribution in [0.1, 0.15) is 11.1 Å². The van der Waals surface area contributed by atoms with Gasteiger partial charge in [-0.3, -0.25) is 4.79 Å². The van der Waals surface area contributed by atoms with Crippen molar-refractivity contribution in [2.75, 3.05) is 25.6 Å². The van der Waals surface area contributed by atoms with Crippen molar-refractivity contribution < 1.29 is 27.4 Å². The molecule has 0 radical (unpaired) electrons. The number of nitrogens with two attached hydrogens (primary N) is 1. The molecule has 0 saturated carbocycles. The van der Waals surface area contributed by atoms with E-state index in [1.54, 1.807) is 42.5 Å². The van der Waals surface area contributed by atoms with Crippen LogP contribution in [0.15, 0.2) is 66.7 Å². The monoisotopic (exact) mass is 444 g/mol. The summed E-state index contributed by atoms with van der Waals surface area (Å²) in [4.78, 5) is 12.5. The van der Waals surface area contributed by atoms with Gasteiger partial charge in [0.05, 0.1) is 19.1 Å². The lowest BCUT2D eigenvalue weighted by Gasteiger charge is -2.12. The number of anilines is 1. The van der Waals surface area contributed by atoms with Crippen molar-refractivity contribution in [2.45, 2.75) is 12.6 Å². The maximum Gasteiger partial charge on any atom is 0.416 e. The quantitative estimate of drug-likeness (QED) is 0.518. The van der Waals surface area contributed by atoms with Gasteiger partial charge in [-0.2, -0.15) is 13.2 Å². The number of ether oxygens (including phenoxy) is 2. The average molecular weight is 444 g/mol. The summed E-state index contributed by atoms with van der Waals surface area (Å²) in [5, 5.41) is 2.82. The maximum atomic E-state index is 12.8. The first-order valence-corrected chi connectivity index (χ1v) is 9.87. The molecule has 3 aromatic carbocycles. The highest BCUT2D eigenvalue weighted by atomic mass is 19.4. The van der Waals surface area contributed by atoms with E-state index in [2.05, 4.69) is 5.32 Å². The molecule has 0 aliphatic heterocycles. The van der Waals surface area contributed by atoms with Crippen LogP contribution in [0.4, 0.5) is 18.9 Å². The standard InChI is InChI=1S/C24H23F3N2O3/c1-31-22-13-16(5-10-21(22)32-12-11-28)14-23(30)29-20-4-2-3-18(15-20)17-6-8-19(9-7-17)24(25,26)27/h2-10,13,15H,11-12,14,28H2,1H3,(H,29,30). The van der Waals surface area contributed by atoms with Gasteiger partial charge < -0.3 is 20.5 Å². The number of carbonyl (C=O) groups excluding carboxylic acids is 1. The summed E-state index contributed by atoms with van der Waals surface area (Å²) in [6, 6.07) is 17.0. The zero-order valence-corrected chi connectivity index (χ0v) is 17.4. The van der Waals surface area contributed by atoms with Crippen molar-refractivity contribution in [3.63, 3.8) is 0 Å². The van der Waals surface area contributed by atoms with Crippen LogP contribution >= 0.6 is 0 Å². The second kappa shape index (κ2) is 10.2. The fourth-order valence-corrected chi connectivity index (χ4v) is 3.13. The molecule has 0 spiro atoms. The topological polar surface area (TPSA) is 73.6 Å². The molecule has 0 aliphatic carbocycles. The van der Waals surface area contributed by atoms with Crippen LogP contribution in [0, 0.1) is 0 Å². The molecule has 0 atom stereocenters. The number of hydrogen-bond donors (Lipinski definition) is 2. The van der Waals surface area contributed by atoms with E-state index in [4.69, 9.17) is 15.2 Å². The summed E-state index contributed by atoms with van der Waals surface area (Å²) in [6.07, 6.45) is -4.27. The summed E-state index contributed by atoms with van der Waals surface area (Å²) in [6.45, 7) is 0.727. The van der Waals surface area contributed by atoms with E-state index < -0.39 is 11.7 Å². The molecule has 0 heterocycles. The molecule has 0 saturated heterocycles. The number of carbonyl (C=O) groups is 1. The highest BCUT2D eigenvalue weighted by Gasteiger charge is 2.29. The van der Waals surface area contributed by atoms with Crippen molar-refractivity contribution in [1.82, 2.24) is 0 Å². The minimum Gasteiger partial charge on any atom is -0.493 e. The molecule has 0 fully saturated rings. The minimum absolute atomic E-state index is 0.109. The number of nitrogens with one attached hydrogen (secondary N) is 1. The van der Waals surface area contributed by atoms with Crippen LogP contribution in [-0.2, 0) is 17.4 Å². The van der Waals surface area contributed by atoms with Crippen molar-refractivity contribution >= 4 is 11.6 Å². The van der Waals surface area contributed by atoms with Gasteiger partial charge in [0, 0.05) is 12.2 Å². The van der Waals surface area contributed by atoms with E-state index in [0.29, 0.717) is 41.5 Å². The molecule has 3 N–H and O–H groups in total. The Labute approximate surface area is 184 Å². The lowest BCUT2D eigenvalue weighted by Crippen LogP contribution is -2.14. The molecule has 0 aliphatic rings. The largest absolute Gasteiger partial charge is 0.493 e. The predicted octanol–water partition coefficient (Wildman–Crippen LogP) is 4.90. The molecule has 1 amide bonds. The molecular weight excluding hydrogens is 421 g/mol. The average Bonchev–Trinajstić information content (AvgIpc) is 2.77. The number of rotatable bonds is 8. The van der Waals surface area contributed by atoms with Crippen LogP contribution < -0.4 is 20.5 Å². The Morgan fingerprint density at radius 2 is 1.72 bits per heavy atom. The fraction of sp³-hybridized carbons (Fsp3) is 0.208. The van der Waals surface area contributed by atoms with E-state index in [9.17, 15) is 18.0 Å². The third-order valence-corrected chi connectivity index (χ3v) is 4.66. The number of hydrogen-bond acceptors (Lipinski definition) is 4. The van der Waals surface area contributed by atoms with Gasteiger partial charge in [-0.05, 0) is 53.1 Å². The molecule has 32 heavy (non-hydrogen) atoms. The molecular formula is C24H23F3N2O3. The Morgan fingerprint density at radius 1 is 0.969 bits per heavy atom. The first-order valence-electron chi connectivity index (χ1n) is 9.87. The van der Waals surface area contributed by atoms with E-state index in [1.807, 2.05) is 0 Å². The molecule has 5 nitrogen and oxygen atoms in total. The molecule has 8 heteroatoms. The summed E-state index contributed by atoms with van der Waals surface area (Å²) in [5.74, 6) is 0.812. The van der Waals surface area contributed by atoms with Gasteiger partial charge in [-0.25, -0.2) is 0 Å². The van der Waals surface area contributed by atoms with Gasteiger partial charge in [-0.1, -0.05) is 30.3 Å². The Kier molecular flexibility index (Phi) is 7.37. The van der Waals surface area contributed by atoms with Crippen molar-refractivity contribution in [1.29, 1.82) is 0 Å². The third kappa shape index (κ3) is 6.01. The molecule has 3 rings (SSSR count). The van der Waals surface area contributed by atoms with Gasteiger partial charge >= 0.3 is 6.18 Å². The Morgan fingerprint density at radius 3 is 2.38 bits per heavy atom. The zero-order chi connectivity index (χ0) is 23.1. The van der Waals surface area contributed by atoms with Crippen molar-refractivity contribution in [3.05, 3.63) is 77.9 Å². The summed E-state index contributed by atoms with van der Waals surface area (Å²) >= 11 is 0. The van der Waals surface area contributed by atoms with Gasteiger partial charge in [0.15, 0.2) is 11.5 Å². The van der Waals surface area contributed by atoms with Crippen LogP contribution in [-0.4, -0.2) is 26.2 Å². The van der Waals surface area contributed by atoms with Gasteiger partial charge in [0.25, 0.3) is 0 Å². The van der Waals surface area contributed by atoms with Crippen LogP contribution in [0.5, 0.6) is 11.5 Å². The summed E-state index contributed by atoms with van der Waals surface area (Å²) in [7, 11) is 1.52. The first kappa shape index (κ1) is 23.1. The van der Waals surface area contributed by atoms with E-state index in [1.165, 1.54) is 19.2 Å². The molecule has 0 aromatic heterocycles. The maximum absolute atomic E-state index is 12.8. The summed E-state index contributed by atoms with van der Waals surface area (Å²) in [5.41, 5.74) is 7.33. The number of amides is 1. The van der Waals surface area contributed by atoms with E-state index in [-0.39, 0.29) is 12.3 Å². The Hall–Kier alpha value is -3.52. The van der Waals surface area contributed by atoms with Gasteiger partial charge in [0.2, 0.25) is 5.91 Å². The SMILES string of the molecule is COc1cc(CC(=O)Nc2cccc(-c3ccc(C(F)(F)F)cc3)c2)ccc1OCCN. The van der Waals surface area contributed by atoms with Gasteiger partial charge in [0.1, 0.15) is 6.61 Å². The van der Waals surface area contributed by atoms with E-state index >= 15 is 0 Å². The second-order valence-corrected chi connectivity index (χ2v) is 7.00. The van der Waals surface area contributed by atoms with Crippen molar-refractivity contribution in [3.8, 4) is 22.6 Å². The van der Waals surface area contributed by atoms with E-state index in [0.717, 1.165) is 17.7 Å². The lowest BCUT2D eigenvalue weighted by molar-refractivity contribution is -0.137. The first-order chi connectivity index (χ1) is 15.3. The third-order valence-electron chi connectivity index (χ3n) is 4.66. The summed E-state index contributed by atoms with van der Waals surface area (Å²) < 4.78 is 49.1. The number of halogens is 3. The number of methoxy groups -OCH3 is 1. The minimum atomic E-state index is -4.38. The second-order valence-electron chi connectivity index (χ2n) is 7.00. The van der Waals surface area contributed by atoms with Crippen LogP contribution in [0.3, 0.4) is 0 Å². The Bertz CT molecular complexity index is 1070. The normalized spacial score (nSPS) is 11.2.